The molecule has 1 unspecified atom stereocenters. The second-order valence-corrected chi connectivity index (χ2v) is 7.10. The first-order chi connectivity index (χ1) is 12.4. The van der Waals surface area contributed by atoms with Crippen molar-refractivity contribution < 1.29 is 14.3 Å². The largest absolute Gasteiger partial charge is 0.497 e. The molecule has 0 aliphatic heterocycles. The van der Waals surface area contributed by atoms with E-state index in [0.717, 1.165) is 11.3 Å². The Kier molecular flexibility index (Phi) is 7.14. The highest BCUT2D eigenvalue weighted by Crippen LogP contribution is 2.17. The van der Waals surface area contributed by atoms with Crippen LogP contribution in [-0.2, 0) is 16.1 Å². The molecule has 0 saturated carbocycles. The van der Waals surface area contributed by atoms with Gasteiger partial charge in [-0.1, -0.05) is 37.7 Å². The van der Waals surface area contributed by atoms with E-state index in [1.807, 2.05) is 38.1 Å². The number of rotatable bonds is 9. The van der Waals surface area contributed by atoms with Gasteiger partial charge >= 0.3 is 0 Å². The van der Waals surface area contributed by atoms with Gasteiger partial charge in [0.25, 0.3) is 0 Å². The van der Waals surface area contributed by atoms with Crippen LogP contribution in [0.25, 0.3) is 0 Å². The van der Waals surface area contributed by atoms with E-state index in [1.165, 1.54) is 18.7 Å². The molecule has 1 atom stereocenters. The van der Waals surface area contributed by atoms with E-state index in [0.29, 0.717) is 11.7 Å². The molecule has 0 bridgehead atoms. The Morgan fingerprint density at radius 3 is 2.54 bits per heavy atom. The molecule has 1 heterocycles. The van der Waals surface area contributed by atoms with E-state index in [4.69, 9.17) is 4.74 Å². The van der Waals surface area contributed by atoms with Crippen LogP contribution in [0.2, 0.25) is 0 Å². The normalized spacial score (nSPS) is 12.0. The molecular weight excluding hydrogens is 354 g/mol. The Bertz CT molecular complexity index is 745. The van der Waals surface area contributed by atoms with Gasteiger partial charge in [0.15, 0.2) is 5.78 Å². The van der Waals surface area contributed by atoms with Gasteiger partial charge in [-0.3, -0.25) is 9.59 Å². The average molecular weight is 377 g/mol. The summed E-state index contributed by atoms with van der Waals surface area (Å²) in [6.45, 7) is 5.76. The van der Waals surface area contributed by atoms with E-state index >= 15 is 0 Å². The van der Waals surface area contributed by atoms with Crippen molar-refractivity contribution in [2.75, 3.05) is 12.9 Å². The first kappa shape index (κ1) is 19.9. The number of tetrazole rings is 1. The standard InChI is InChI=1S/C17H23N5O3S/c1-11(2)16(12(3)23)18-15(24)10-26-17-19-20-21-22(17)9-13-5-7-14(25-4)8-6-13/h5-8,11,16H,9-10H2,1-4H3,(H,18,24). The number of benzene rings is 1. The number of nitrogens with one attached hydrogen (secondary N) is 1. The molecule has 140 valence electrons. The molecule has 1 aromatic carbocycles. The highest BCUT2D eigenvalue weighted by atomic mass is 32.2. The molecule has 1 aromatic heterocycles. The summed E-state index contributed by atoms with van der Waals surface area (Å²) in [5.74, 6) is 0.689. The number of amides is 1. The van der Waals surface area contributed by atoms with Gasteiger partial charge in [-0.2, -0.15) is 0 Å². The van der Waals surface area contributed by atoms with E-state index in [2.05, 4.69) is 20.8 Å². The highest BCUT2D eigenvalue weighted by molar-refractivity contribution is 7.99. The van der Waals surface area contributed by atoms with Crippen molar-refractivity contribution in [2.24, 2.45) is 5.92 Å². The van der Waals surface area contributed by atoms with E-state index in [1.54, 1.807) is 11.8 Å². The molecule has 9 heteroatoms. The molecule has 0 radical (unpaired) electrons. The Labute approximate surface area is 156 Å². The van der Waals surface area contributed by atoms with Crippen molar-refractivity contribution >= 4 is 23.5 Å². The number of carbonyl (C=O) groups excluding carboxylic acids is 2. The number of ether oxygens (including phenoxy) is 1. The van der Waals surface area contributed by atoms with Crippen LogP contribution in [0.4, 0.5) is 0 Å². The monoisotopic (exact) mass is 377 g/mol. The Hall–Kier alpha value is -2.42. The number of thioether (sulfide) groups is 1. The molecule has 2 aromatic rings. The summed E-state index contributed by atoms with van der Waals surface area (Å²) in [7, 11) is 1.62. The number of methoxy groups -OCH3 is 1. The highest BCUT2D eigenvalue weighted by Gasteiger charge is 2.21. The van der Waals surface area contributed by atoms with Crippen LogP contribution < -0.4 is 10.1 Å². The number of hydrogen-bond donors (Lipinski definition) is 1. The van der Waals surface area contributed by atoms with E-state index in [9.17, 15) is 9.59 Å². The van der Waals surface area contributed by atoms with Crippen LogP contribution in [0.1, 0.15) is 26.3 Å². The van der Waals surface area contributed by atoms with Gasteiger partial charge in [0, 0.05) is 0 Å². The minimum atomic E-state index is -0.474. The Morgan fingerprint density at radius 2 is 1.96 bits per heavy atom. The lowest BCUT2D eigenvalue weighted by molar-refractivity contribution is -0.126. The van der Waals surface area contributed by atoms with Crippen molar-refractivity contribution in [1.29, 1.82) is 0 Å². The van der Waals surface area contributed by atoms with Crippen molar-refractivity contribution in [2.45, 2.75) is 38.5 Å². The van der Waals surface area contributed by atoms with Crippen LogP contribution in [0.5, 0.6) is 5.75 Å². The first-order valence-electron chi connectivity index (χ1n) is 8.22. The lowest BCUT2D eigenvalue weighted by atomic mass is 10.0. The third-order valence-electron chi connectivity index (χ3n) is 3.74. The second-order valence-electron chi connectivity index (χ2n) is 6.16. The molecule has 2 rings (SSSR count). The fourth-order valence-electron chi connectivity index (χ4n) is 2.39. The van der Waals surface area contributed by atoms with Gasteiger partial charge in [-0.05, 0) is 41.0 Å². The zero-order valence-corrected chi connectivity index (χ0v) is 16.1. The van der Waals surface area contributed by atoms with E-state index in [-0.39, 0.29) is 23.4 Å². The molecule has 8 nitrogen and oxygen atoms in total. The first-order valence-corrected chi connectivity index (χ1v) is 9.21. The summed E-state index contributed by atoms with van der Waals surface area (Å²) in [4.78, 5) is 23.7. The Balaban J connectivity index is 1.93. The third kappa shape index (κ3) is 5.55. The molecule has 0 fully saturated rings. The van der Waals surface area contributed by atoms with Gasteiger partial charge in [-0.15, -0.1) is 5.10 Å². The number of aromatic nitrogens is 4. The number of hydrogen-bond acceptors (Lipinski definition) is 7. The second kappa shape index (κ2) is 9.33. The van der Waals surface area contributed by atoms with Gasteiger partial charge in [0.2, 0.25) is 11.1 Å². The maximum Gasteiger partial charge on any atom is 0.231 e. The molecule has 0 spiro atoms. The molecule has 1 amide bonds. The molecule has 0 aliphatic carbocycles. The number of Topliss-reactive ketones (excluding diaryl/α,β-unsaturated/α-hetero) is 1. The predicted octanol–water partition coefficient (Wildman–Crippen LogP) is 1.55. The van der Waals surface area contributed by atoms with Crippen molar-refractivity contribution in [3.8, 4) is 5.75 Å². The van der Waals surface area contributed by atoms with Crippen molar-refractivity contribution in [3.63, 3.8) is 0 Å². The summed E-state index contributed by atoms with van der Waals surface area (Å²) in [6.07, 6.45) is 0. The average Bonchev–Trinajstić information content (AvgIpc) is 3.05. The fourth-order valence-corrected chi connectivity index (χ4v) is 3.07. The zero-order chi connectivity index (χ0) is 19.1. The summed E-state index contributed by atoms with van der Waals surface area (Å²) < 4.78 is 6.77. The number of ketones is 1. The number of carbonyl (C=O) groups is 2. The van der Waals surface area contributed by atoms with Crippen molar-refractivity contribution in [1.82, 2.24) is 25.5 Å². The lowest BCUT2D eigenvalue weighted by Crippen LogP contribution is -2.44. The van der Waals surface area contributed by atoms with Crippen LogP contribution in [-0.4, -0.2) is 50.8 Å². The maximum absolute atomic E-state index is 12.1. The lowest BCUT2D eigenvalue weighted by Gasteiger charge is -2.19. The quantitative estimate of drug-likeness (QED) is 0.662. The minimum absolute atomic E-state index is 0.0434. The zero-order valence-electron chi connectivity index (χ0n) is 15.3. The van der Waals surface area contributed by atoms with E-state index < -0.39 is 6.04 Å². The summed E-state index contributed by atoms with van der Waals surface area (Å²) in [6, 6.07) is 7.13. The molecule has 0 saturated heterocycles. The molecular formula is C17H23N5O3S. The van der Waals surface area contributed by atoms with Crippen molar-refractivity contribution in [3.05, 3.63) is 29.8 Å². The minimum Gasteiger partial charge on any atom is -0.497 e. The van der Waals surface area contributed by atoms with Gasteiger partial charge in [0.05, 0.1) is 25.4 Å². The fraction of sp³-hybridized carbons (Fsp3) is 0.471. The Morgan fingerprint density at radius 1 is 1.27 bits per heavy atom. The summed E-state index contributed by atoms with van der Waals surface area (Å²) in [5, 5.41) is 14.9. The van der Waals surface area contributed by atoms with Crippen LogP contribution in [0, 0.1) is 5.92 Å². The smallest absolute Gasteiger partial charge is 0.231 e. The van der Waals surface area contributed by atoms with Gasteiger partial charge < -0.3 is 10.1 Å². The van der Waals surface area contributed by atoms with Gasteiger partial charge in [-0.25, -0.2) is 4.68 Å². The van der Waals surface area contributed by atoms with Crippen LogP contribution in [0.15, 0.2) is 29.4 Å². The van der Waals surface area contributed by atoms with Crippen LogP contribution in [0.3, 0.4) is 0 Å². The topological polar surface area (TPSA) is 99.0 Å². The molecule has 0 aliphatic rings. The third-order valence-corrected chi connectivity index (χ3v) is 4.70. The molecule has 1 N–H and O–H groups in total. The maximum atomic E-state index is 12.1. The van der Waals surface area contributed by atoms with Gasteiger partial charge in [0.1, 0.15) is 5.75 Å². The predicted molar refractivity (Wildman–Crippen MR) is 98.1 cm³/mol. The molecule has 26 heavy (non-hydrogen) atoms. The number of nitrogens with zero attached hydrogens (tertiary/aromatic N) is 4. The SMILES string of the molecule is COc1ccc(Cn2nnnc2SCC(=O)NC(C(C)=O)C(C)C)cc1. The van der Waals surface area contributed by atoms with Crippen LogP contribution >= 0.6 is 11.8 Å². The summed E-state index contributed by atoms with van der Waals surface area (Å²) >= 11 is 1.23. The summed E-state index contributed by atoms with van der Waals surface area (Å²) in [5.41, 5.74) is 1.01.